The number of rotatable bonds is 12. The summed E-state index contributed by atoms with van der Waals surface area (Å²) in [5.41, 5.74) is 0. The van der Waals surface area contributed by atoms with Crippen molar-refractivity contribution in [1.82, 2.24) is 0 Å². The summed E-state index contributed by atoms with van der Waals surface area (Å²) in [7, 11) is 1.21. The van der Waals surface area contributed by atoms with Gasteiger partial charge in [0.2, 0.25) is 0 Å². The van der Waals surface area contributed by atoms with Crippen LogP contribution in [-0.2, 0) is 85.7 Å². The minimum Gasteiger partial charge on any atom is -0.463 e. The Morgan fingerprint density at radius 3 is 1.16 bits per heavy atom. The van der Waals surface area contributed by atoms with Crippen LogP contribution in [0.15, 0.2) is 0 Å². The molecular formula is C27H38O18. The van der Waals surface area contributed by atoms with Crippen molar-refractivity contribution >= 4 is 41.8 Å². The van der Waals surface area contributed by atoms with Gasteiger partial charge in [0.15, 0.2) is 43.1 Å². The minimum absolute atomic E-state index is 0.474. The molecule has 0 aliphatic carbocycles. The van der Waals surface area contributed by atoms with E-state index in [1.165, 1.54) is 7.11 Å². The lowest BCUT2D eigenvalue weighted by Gasteiger charge is -2.48. The van der Waals surface area contributed by atoms with Crippen LogP contribution in [0, 0.1) is 0 Å². The van der Waals surface area contributed by atoms with Crippen LogP contribution in [0.2, 0.25) is 0 Å². The molecule has 0 spiro atoms. The van der Waals surface area contributed by atoms with Gasteiger partial charge in [-0.15, -0.1) is 0 Å². The first-order valence-electron chi connectivity index (χ1n) is 13.7. The van der Waals surface area contributed by atoms with E-state index >= 15 is 0 Å². The molecule has 0 radical (unpaired) electrons. The second kappa shape index (κ2) is 17.0. The molecular weight excluding hydrogens is 612 g/mol. The number of carbonyl (C=O) groups is 7. The molecule has 2 aliphatic heterocycles. The van der Waals surface area contributed by atoms with Gasteiger partial charge < -0.3 is 52.1 Å². The highest BCUT2D eigenvalue weighted by molar-refractivity contribution is 5.69. The molecule has 0 amide bonds. The van der Waals surface area contributed by atoms with Crippen molar-refractivity contribution in [2.75, 3.05) is 20.3 Å². The number of hydrogen-bond donors (Lipinski definition) is 0. The fourth-order valence-corrected chi connectivity index (χ4v) is 4.66. The third-order valence-corrected chi connectivity index (χ3v) is 6.12. The topological polar surface area (TPSA) is 221 Å². The van der Waals surface area contributed by atoms with Gasteiger partial charge in [-0.2, -0.15) is 0 Å². The molecule has 45 heavy (non-hydrogen) atoms. The Balaban J connectivity index is 2.70. The van der Waals surface area contributed by atoms with Crippen LogP contribution in [0.25, 0.3) is 0 Å². The fraction of sp³-hybridized carbons (Fsp3) is 0.741. The van der Waals surface area contributed by atoms with E-state index in [-0.39, 0.29) is 0 Å². The van der Waals surface area contributed by atoms with E-state index in [9.17, 15) is 33.6 Å². The van der Waals surface area contributed by atoms with Gasteiger partial charge in [-0.3, -0.25) is 33.6 Å². The number of ether oxygens (including phenoxy) is 11. The Morgan fingerprint density at radius 1 is 0.444 bits per heavy atom. The van der Waals surface area contributed by atoms with E-state index in [2.05, 4.69) is 0 Å². The van der Waals surface area contributed by atoms with Crippen LogP contribution in [0.1, 0.15) is 48.5 Å². The maximum Gasteiger partial charge on any atom is 0.303 e. The molecule has 6 unspecified atom stereocenters. The van der Waals surface area contributed by atoms with E-state index in [1.807, 2.05) is 0 Å². The van der Waals surface area contributed by atoms with Gasteiger partial charge in [0.1, 0.15) is 31.5 Å². The van der Waals surface area contributed by atoms with Gasteiger partial charge in [0.25, 0.3) is 0 Å². The highest BCUT2D eigenvalue weighted by Crippen LogP contribution is 2.35. The van der Waals surface area contributed by atoms with Crippen molar-refractivity contribution in [2.24, 2.45) is 0 Å². The molecule has 2 rings (SSSR count). The Morgan fingerprint density at radius 2 is 0.778 bits per heavy atom. The molecule has 18 nitrogen and oxygen atoms in total. The molecule has 10 atom stereocenters. The van der Waals surface area contributed by atoms with Gasteiger partial charge in [-0.1, -0.05) is 0 Å². The second-order valence-electron chi connectivity index (χ2n) is 9.90. The average Bonchev–Trinajstić information content (AvgIpc) is 2.90. The average molecular weight is 651 g/mol. The van der Waals surface area contributed by atoms with Crippen molar-refractivity contribution in [1.29, 1.82) is 0 Å². The van der Waals surface area contributed by atoms with Crippen molar-refractivity contribution in [2.45, 2.75) is 110 Å². The summed E-state index contributed by atoms with van der Waals surface area (Å²) < 4.78 is 60.6. The Hall–Kier alpha value is -3.87. The van der Waals surface area contributed by atoms with Crippen LogP contribution >= 0.6 is 0 Å². The van der Waals surface area contributed by atoms with E-state index < -0.39 is 116 Å². The first kappa shape index (κ1) is 37.3. The zero-order chi connectivity index (χ0) is 34.0. The van der Waals surface area contributed by atoms with Crippen molar-refractivity contribution in [3.05, 3.63) is 0 Å². The highest BCUT2D eigenvalue weighted by Gasteiger charge is 2.57. The molecule has 0 aromatic heterocycles. The number of esters is 7. The largest absolute Gasteiger partial charge is 0.463 e. The summed E-state index contributed by atoms with van der Waals surface area (Å²) >= 11 is 0. The smallest absolute Gasteiger partial charge is 0.303 e. The monoisotopic (exact) mass is 650 g/mol. The highest BCUT2D eigenvalue weighted by atomic mass is 16.8. The lowest BCUT2D eigenvalue weighted by atomic mass is 9.96. The first-order valence-corrected chi connectivity index (χ1v) is 13.7. The zero-order valence-corrected chi connectivity index (χ0v) is 26.0. The van der Waals surface area contributed by atoms with Crippen LogP contribution in [0.4, 0.5) is 0 Å². The van der Waals surface area contributed by atoms with Crippen LogP contribution < -0.4 is 0 Å². The molecule has 0 N–H and O–H groups in total. The molecule has 2 aliphatic rings. The molecule has 0 saturated carbocycles. The third kappa shape index (κ3) is 11.2. The van der Waals surface area contributed by atoms with Crippen LogP contribution in [0.3, 0.4) is 0 Å². The molecule has 2 heterocycles. The van der Waals surface area contributed by atoms with E-state index in [1.54, 1.807) is 0 Å². The van der Waals surface area contributed by atoms with Gasteiger partial charge in [-0.25, -0.2) is 0 Å². The van der Waals surface area contributed by atoms with Gasteiger partial charge in [0, 0.05) is 55.6 Å². The van der Waals surface area contributed by atoms with Crippen molar-refractivity contribution in [3.8, 4) is 0 Å². The number of hydrogen-bond acceptors (Lipinski definition) is 18. The van der Waals surface area contributed by atoms with E-state index in [0.717, 1.165) is 48.5 Å². The quantitative estimate of drug-likeness (QED) is 0.187. The summed E-state index contributed by atoms with van der Waals surface area (Å²) in [5, 5.41) is 0. The zero-order valence-electron chi connectivity index (χ0n) is 26.0. The fourth-order valence-electron chi connectivity index (χ4n) is 4.66. The molecule has 0 bridgehead atoms. The maximum atomic E-state index is 12.2. The molecule has 2 saturated heterocycles. The molecule has 0 aromatic carbocycles. The van der Waals surface area contributed by atoms with Crippen molar-refractivity contribution < 1.29 is 85.7 Å². The number of methoxy groups -OCH3 is 1. The van der Waals surface area contributed by atoms with Crippen LogP contribution in [0.5, 0.6) is 0 Å². The van der Waals surface area contributed by atoms with Gasteiger partial charge in [-0.05, 0) is 0 Å². The lowest BCUT2D eigenvalue weighted by Crippen LogP contribution is -2.67. The third-order valence-electron chi connectivity index (χ3n) is 6.12. The van der Waals surface area contributed by atoms with Gasteiger partial charge >= 0.3 is 41.8 Å². The van der Waals surface area contributed by atoms with E-state index in [4.69, 9.17) is 52.1 Å². The number of carbonyl (C=O) groups excluding carboxylic acids is 7. The van der Waals surface area contributed by atoms with Crippen molar-refractivity contribution in [3.63, 3.8) is 0 Å². The Labute approximate surface area is 258 Å². The Kier molecular flexibility index (Phi) is 14.1. The van der Waals surface area contributed by atoms with Gasteiger partial charge in [0.05, 0.1) is 0 Å². The lowest BCUT2D eigenvalue weighted by molar-refractivity contribution is -0.360. The predicted molar refractivity (Wildman–Crippen MR) is 140 cm³/mol. The Bertz CT molecular complexity index is 1110. The summed E-state index contributed by atoms with van der Waals surface area (Å²) in [6.45, 7) is 6.47. The maximum absolute atomic E-state index is 12.2. The molecule has 254 valence electrons. The summed E-state index contributed by atoms with van der Waals surface area (Å²) in [6, 6.07) is 0. The summed E-state index contributed by atoms with van der Waals surface area (Å²) in [5.74, 6) is -5.76. The predicted octanol–water partition coefficient (Wildman–Crippen LogP) is -0.747. The summed E-state index contributed by atoms with van der Waals surface area (Å²) in [4.78, 5) is 84.1. The van der Waals surface area contributed by atoms with Crippen LogP contribution in [-0.4, -0.2) is 124 Å². The normalized spacial score (nSPS) is 31.0. The molecule has 18 heteroatoms. The summed E-state index contributed by atoms with van der Waals surface area (Å²) in [6.07, 6.45) is -15.1. The van der Waals surface area contributed by atoms with E-state index in [0.29, 0.717) is 0 Å². The molecule has 0 aromatic rings. The minimum atomic E-state index is -1.77. The first-order chi connectivity index (χ1) is 21.0. The molecule has 2 fully saturated rings. The SMILES string of the molecule is CO[C@@H]1OC(COC(C)=O)[C@H](OC(C)=O)C(O[C@@H]2OC(COC(C)=O)[C@H](OC(C)=O)C(OC(C)=O)C2OC(C)=O)C1OC(C)=O. The second-order valence-corrected chi connectivity index (χ2v) is 9.90. The standard InChI is InChI=1S/C27H38O18/c1-11(28)36-9-18-21(39-14(4)31)23(24(41-16(6)33)26(35-8)43-18)45-27-25(42-17(7)34)22(40-15(5)32)20(38-13(3)30)19(44-27)10-37-12(2)29/h18-27H,9-10H2,1-8H3/t18?,19?,20-,21-,22?,23?,24?,25?,26+,27-/m0/s1.